The third-order valence-corrected chi connectivity index (χ3v) is 3.22. The molecule has 84 valence electrons. The van der Waals surface area contributed by atoms with Crippen LogP contribution >= 0.6 is 15.9 Å². The van der Waals surface area contributed by atoms with Gasteiger partial charge in [0, 0.05) is 4.47 Å². The number of carbonyl (C=O) groups is 1. The first kappa shape index (κ1) is 12.7. The Morgan fingerprint density at radius 2 is 2.12 bits per heavy atom. The summed E-state index contributed by atoms with van der Waals surface area (Å²) < 4.78 is 22.4. The fourth-order valence-electron chi connectivity index (χ4n) is 0.933. The molecule has 1 rings (SSSR count). The summed E-state index contributed by atoms with van der Waals surface area (Å²) in [5, 5.41) is 7.32. The molecule has 0 aliphatic carbocycles. The van der Waals surface area contributed by atoms with E-state index in [9.17, 15) is 13.2 Å². The van der Waals surface area contributed by atoms with Crippen LogP contribution in [0.4, 0.5) is 5.69 Å². The maximum absolute atomic E-state index is 11.0. The normalized spacial score (nSPS) is 10.6. The predicted molar refractivity (Wildman–Crippen MR) is 63.0 cm³/mol. The minimum atomic E-state index is -3.76. The molecule has 3 N–H and O–H groups in total. The number of halogens is 1. The molecule has 0 saturated carbocycles. The zero-order chi connectivity index (χ0) is 12.3. The number of terminal acetylenes is 1. The van der Waals surface area contributed by atoms with E-state index in [1.165, 1.54) is 18.2 Å². The van der Waals surface area contributed by atoms with Crippen LogP contribution < -0.4 is 10.5 Å². The third kappa shape index (κ3) is 3.06. The molecule has 16 heavy (non-hydrogen) atoms. The van der Waals surface area contributed by atoms with Gasteiger partial charge in [-0.1, -0.05) is 0 Å². The zero-order valence-electron chi connectivity index (χ0n) is 7.90. The summed E-state index contributed by atoms with van der Waals surface area (Å²) in [5.41, 5.74) is 0.371. The summed E-state index contributed by atoms with van der Waals surface area (Å²) in [6, 6.07) is 3.94. The number of primary sulfonamides is 1. The van der Waals surface area contributed by atoms with E-state index in [0.29, 0.717) is 10.2 Å². The lowest BCUT2D eigenvalue weighted by molar-refractivity contribution is -0.111. The van der Waals surface area contributed by atoms with Gasteiger partial charge in [-0.15, -0.1) is 6.42 Å². The molecule has 0 bridgehead atoms. The number of amides is 1. The molecule has 0 radical (unpaired) electrons. The van der Waals surface area contributed by atoms with Gasteiger partial charge in [-0.25, -0.2) is 13.6 Å². The lowest BCUT2D eigenvalue weighted by atomic mass is 10.3. The van der Waals surface area contributed by atoms with Gasteiger partial charge in [0.2, 0.25) is 10.0 Å². The maximum Gasteiger partial charge on any atom is 0.300 e. The van der Waals surface area contributed by atoms with Crippen LogP contribution in [0.25, 0.3) is 0 Å². The van der Waals surface area contributed by atoms with E-state index in [-0.39, 0.29) is 4.90 Å². The number of hydrogen-bond donors (Lipinski definition) is 2. The quantitative estimate of drug-likeness (QED) is 0.787. The summed E-state index contributed by atoms with van der Waals surface area (Å²) in [4.78, 5) is 10.8. The van der Waals surface area contributed by atoms with Crippen molar-refractivity contribution in [2.24, 2.45) is 5.14 Å². The first-order valence-corrected chi connectivity index (χ1v) is 6.28. The summed E-state index contributed by atoms with van der Waals surface area (Å²) in [6.07, 6.45) is 4.88. The van der Waals surface area contributed by atoms with Crippen molar-refractivity contribution in [3.8, 4) is 12.3 Å². The van der Waals surface area contributed by atoms with Crippen molar-refractivity contribution in [2.45, 2.75) is 4.90 Å². The number of nitrogens with two attached hydrogens (primary N) is 1. The molecule has 1 amide bonds. The maximum atomic E-state index is 11.0. The minimum Gasteiger partial charge on any atom is -0.314 e. The molecular weight excluding hydrogens is 296 g/mol. The van der Waals surface area contributed by atoms with E-state index in [0.717, 1.165) is 0 Å². The molecule has 0 atom stereocenters. The van der Waals surface area contributed by atoms with Crippen LogP contribution in [-0.2, 0) is 14.8 Å². The second-order valence-electron chi connectivity index (χ2n) is 2.79. The number of carbonyl (C=O) groups excluding carboxylic acids is 1. The Balaban J connectivity index is 3.12. The number of nitrogens with one attached hydrogen (secondary N) is 1. The molecule has 1 aromatic rings. The molecule has 0 unspecified atom stereocenters. The molecule has 1 aromatic carbocycles. The van der Waals surface area contributed by atoms with Crippen LogP contribution in [0.1, 0.15) is 0 Å². The lowest BCUT2D eigenvalue weighted by Gasteiger charge is -2.05. The average Bonchev–Trinajstić information content (AvgIpc) is 2.19. The SMILES string of the molecule is C#CC(=O)Nc1ccc(S(N)(=O)=O)cc1Br. The van der Waals surface area contributed by atoms with Gasteiger partial charge in [-0.05, 0) is 40.0 Å². The highest BCUT2D eigenvalue weighted by atomic mass is 79.9. The van der Waals surface area contributed by atoms with Crippen molar-refractivity contribution >= 4 is 37.5 Å². The fraction of sp³-hybridized carbons (Fsp3) is 0. The zero-order valence-corrected chi connectivity index (χ0v) is 10.3. The van der Waals surface area contributed by atoms with Gasteiger partial charge in [0.15, 0.2) is 0 Å². The van der Waals surface area contributed by atoms with Crippen molar-refractivity contribution in [1.29, 1.82) is 0 Å². The van der Waals surface area contributed by atoms with Gasteiger partial charge in [-0.2, -0.15) is 0 Å². The number of benzene rings is 1. The molecule has 0 spiro atoms. The number of hydrogen-bond acceptors (Lipinski definition) is 3. The van der Waals surface area contributed by atoms with Crippen LogP contribution in [0.5, 0.6) is 0 Å². The van der Waals surface area contributed by atoms with Crippen LogP contribution in [0, 0.1) is 12.3 Å². The molecule has 0 aromatic heterocycles. The highest BCUT2D eigenvalue weighted by molar-refractivity contribution is 9.10. The Morgan fingerprint density at radius 3 is 2.56 bits per heavy atom. The number of anilines is 1. The number of rotatable bonds is 2. The van der Waals surface area contributed by atoms with E-state index in [1.807, 2.05) is 5.92 Å². The molecule has 0 saturated heterocycles. The Kier molecular flexibility index (Phi) is 3.70. The fourth-order valence-corrected chi connectivity index (χ4v) is 2.10. The molecular formula is C9H7BrN2O3S. The Morgan fingerprint density at radius 1 is 1.50 bits per heavy atom. The summed E-state index contributed by atoms with van der Waals surface area (Å²) in [6.45, 7) is 0. The number of sulfonamides is 1. The summed E-state index contributed by atoms with van der Waals surface area (Å²) >= 11 is 3.09. The first-order chi connectivity index (χ1) is 7.34. The van der Waals surface area contributed by atoms with E-state index in [1.54, 1.807) is 0 Å². The Hall–Kier alpha value is -1.36. The predicted octanol–water partition coefficient (Wildman–Crippen LogP) is 0.668. The second-order valence-corrected chi connectivity index (χ2v) is 5.20. The van der Waals surface area contributed by atoms with E-state index < -0.39 is 15.9 Å². The van der Waals surface area contributed by atoms with Crippen molar-refractivity contribution < 1.29 is 13.2 Å². The van der Waals surface area contributed by atoms with Gasteiger partial charge in [0.05, 0.1) is 10.6 Å². The van der Waals surface area contributed by atoms with Crippen molar-refractivity contribution in [2.75, 3.05) is 5.32 Å². The second kappa shape index (κ2) is 4.65. The van der Waals surface area contributed by atoms with Gasteiger partial charge < -0.3 is 5.32 Å². The highest BCUT2D eigenvalue weighted by Gasteiger charge is 2.10. The highest BCUT2D eigenvalue weighted by Crippen LogP contribution is 2.25. The third-order valence-electron chi connectivity index (χ3n) is 1.65. The smallest absolute Gasteiger partial charge is 0.300 e. The first-order valence-electron chi connectivity index (χ1n) is 3.94. The van der Waals surface area contributed by atoms with Crippen LogP contribution in [0.15, 0.2) is 27.6 Å². The van der Waals surface area contributed by atoms with Crippen molar-refractivity contribution in [3.05, 3.63) is 22.7 Å². The molecule has 0 aliphatic heterocycles. The molecule has 0 heterocycles. The van der Waals surface area contributed by atoms with E-state index in [4.69, 9.17) is 11.6 Å². The largest absolute Gasteiger partial charge is 0.314 e. The van der Waals surface area contributed by atoms with E-state index in [2.05, 4.69) is 21.2 Å². The topological polar surface area (TPSA) is 89.3 Å². The Bertz CT molecular complexity index is 575. The molecule has 7 heteroatoms. The summed E-state index contributed by atoms with van der Waals surface area (Å²) in [7, 11) is -3.76. The van der Waals surface area contributed by atoms with E-state index >= 15 is 0 Å². The lowest BCUT2D eigenvalue weighted by Crippen LogP contribution is -2.13. The molecule has 0 fully saturated rings. The van der Waals surface area contributed by atoms with Crippen LogP contribution in [-0.4, -0.2) is 14.3 Å². The van der Waals surface area contributed by atoms with Gasteiger partial charge in [0.25, 0.3) is 5.91 Å². The van der Waals surface area contributed by atoms with Gasteiger partial charge >= 0.3 is 0 Å². The summed E-state index contributed by atoms with van der Waals surface area (Å²) in [5.74, 6) is 1.25. The minimum absolute atomic E-state index is 0.0573. The van der Waals surface area contributed by atoms with Crippen LogP contribution in [0.2, 0.25) is 0 Å². The monoisotopic (exact) mass is 302 g/mol. The van der Waals surface area contributed by atoms with Crippen LogP contribution in [0.3, 0.4) is 0 Å². The van der Waals surface area contributed by atoms with Gasteiger partial charge in [0.1, 0.15) is 0 Å². The molecule has 0 aliphatic rings. The molecule has 5 nitrogen and oxygen atoms in total. The standard InChI is InChI=1S/C9H7BrN2O3S/c1-2-9(13)12-8-4-3-6(5-7(8)10)16(11,14)15/h1,3-5H,(H,12,13)(H2,11,14,15). The Labute approximate surface area is 101 Å². The van der Waals surface area contributed by atoms with Crippen molar-refractivity contribution in [3.63, 3.8) is 0 Å². The van der Waals surface area contributed by atoms with Gasteiger partial charge in [-0.3, -0.25) is 4.79 Å². The van der Waals surface area contributed by atoms with Crippen molar-refractivity contribution in [1.82, 2.24) is 0 Å². The average molecular weight is 303 g/mol.